The molecule has 2 rings (SSSR count). The fraction of sp³-hybridized carbons (Fsp3) is 0.800. The third-order valence-electron chi connectivity index (χ3n) is 11.0. The van der Waals surface area contributed by atoms with Gasteiger partial charge in [0.15, 0.2) is 11.3 Å². The van der Waals surface area contributed by atoms with Gasteiger partial charge in [-0.2, -0.15) is 20.0 Å². The van der Waals surface area contributed by atoms with Gasteiger partial charge >= 0.3 is 0 Å². The Morgan fingerprint density at radius 2 is 0.946 bits per heavy atom. The summed E-state index contributed by atoms with van der Waals surface area (Å²) < 4.78 is 0. The molecule has 0 aliphatic heterocycles. The maximum Gasteiger partial charge on any atom is 0.237 e. The summed E-state index contributed by atoms with van der Waals surface area (Å²) in [6.07, 6.45) is 19.4. The van der Waals surface area contributed by atoms with Crippen LogP contribution in [0.4, 0.5) is 0 Å². The Balaban J connectivity index is 0.000000880. The molecular weight excluding hydrogens is 720 g/mol. The fourth-order valence-electron chi connectivity index (χ4n) is 9.08. The third-order valence-corrected chi connectivity index (χ3v) is 11.0. The lowest BCUT2D eigenvalue weighted by Crippen LogP contribution is -2.43. The third kappa shape index (κ3) is 17.2. The molecule has 0 radical (unpaired) electrons. The number of rotatable bonds is 21. The van der Waals surface area contributed by atoms with Gasteiger partial charge in [-0.3, -0.25) is 0 Å². The van der Waals surface area contributed by atoms with Crippen molar-refractivity contribution >= 4 is 48.6 Å². The molecular formula is C40H56N8O8. The molecule has 2 aliphatic rings. The second kappa shape index (κ2) is 23.8. The number of nitrogens with zero attached hydrogens (tertiary/aromatic N) is 8. The number of aliphatic imine (C=N–C) groups is 8. The second-order valence-corrected chi connectivity index (χ2v) is 17.6. The van der Waals surface area contributed by atoms with Gasteiger partial charge in [0.05, 0.1) is 25.7 Å². The Morgan fingerprint density at radius 3 is 1.32 bits per heavy atom. The quantitative estimate of drug-likeness (QED) is 0.0897. The largest absolute Gasteiger partial charge is 0.237 e. The summed E-state index contributed by atoms with van der Waals surface area (Å²) in [6, 6.07) is -0.406. The van der Waals surface area contributed by atoms with Crippen molar-refractivity contribution in [3.05, 3.63) is 0 Å². The van der Waals surface area contributed by atoms with Gasteiger partial charge in [-0.05, 0) is 117 Å². The first-order valence-corrected chi connectivity index (χ1v) is 19.0. The number of carbonyl (C=O) groups excluding carboxylic acids is 8. The molecule has 0 bridgehead atoms. The van der Waals surface area contributed by atoms with Gasteiger partial charge in [0.25, 0.3) is 0 Å². The van der Waals surface area contributed by atoms with E-state index in [1.165, 1.54) is 30.4 Å². The molecule has 56 heavy (non-hydrogen) atoms. The first-order chi connectivity index (χ1) is 26.4. The average Bonchev–Trinajstić information content (AvgIpc) is 3.12. The maximum absolute atomic E-state index is 11.8. The van der Waals surface area contributed by atoms with Crippen LogP contribution in [0.1, 0.15) is 126 Å². The maximum atomic E-state index is 11.8. The molecule has 0 N–H and O–H groups in total. The minimum atomic E-state index is -1.19. The average molecular weight is 777 g/mol. The van der Waals surface area contributed by atoms with Crippen LogP contribution in [-0.4, -0.2) is 85.6 Å². The van der Waals surface area contributed by atoms with E-state index in [0.29, 0.717) is 89.8 Å². The molecule has 0 spiro atoms. The topological polar surface area (TPSA) is 235 Å². The van der Waals surface area contributed by atoms with Crippen LogP contribution in [0, 0.1) is 39.9 Å². The molecule has 2 saturated carbocycles. The minimum Gasteiger partial charge on any atom is -0.211 e. The summed E-state index contributed by atoms with van der Waals surface area (Å²) in [4.78, 5) is 117. The molecule has 0 heterocycles. The molecule has 16 nitrogen and oxygen atoms in total. The zero-order valence-electron chi connectivity index (χ0n) is 33.8. The van der Waals surface area contributed by atoms with Gasteiger partial charge in [-0.15, -0.1) is 0 Å². The Bertz CT molecular complexity index is 1580. The highest BCUT2D eigenvalue weighted by atomic mass is 16.1. The Kier molecular flexibility index (Phi) is 20.9. The van der Waals surface area contributed by atoms with Crippen LogP contribution in [-0.2, 0) is 38.4 Å². The van der Waals surface area contributed by atoms with Gasteiger partial charge in [-0.1, -0.05) is 48.5 Å². The van der Waals surface area contributed by atoms with Crippen molar-refractivity contribution < 1.29 is 38.4 Å². The van der Waals surface area contributed by atoms with Crippen molar-refractivity contribution in [3.8, 4) is 0 Å². The minimum absolute atomic E-state index is 0.00171. The van der Waals surface area contributed by atoms with E-state index in [4.69, 9.17) is 0 Å². The van der Waals surface area contributed by atoms with Crippen LogP contribution in [0.25, 0.3) is 0 Å². The van der Waals surface area contributed by atoms with Gasteiger partial charge in [0.1, 0.15) is 0 Å². The normalized spacial score (nSPS) is 23.5. The highest BCUT2D eigenvalue weighted by Gasteiger charge is 2.47. The molecule has 2 aliphatic carbocycles. The van der Waals surface area contributed by atoms with Crippen LogP contribution < -0.4 is 0 Å². The zero-order valence-corrected chi connectivity index (χ0v) is 33.8. The van der Waals surface area contributed by atoms with Gasteiger partial charge < -0.3 is 0 Å². The molecule has 0 aromatic rings. The highest BCUT2D eigenvalue weighted by molar-refractivity contribution is 5.40. The van der Waals surface area contributed by atoms with E-state index < -0.39 is 17.4 Å². The summed E-state index contributed by atoms with van der Waals surface area (Å²) in [5.41, 5.74) is -2.96. The lowest BCUT2D eigenvalue weighted by atomic mass is 9.61. The van der Waals surface area contributed by atoms with E-state index in [2.05, 4.69) is 74.6 Å². The van der Waals surface area contributed by atoms with E-state index in [1.807, 2.05) is 13.8 Å². The Hall–Kier alpha value is -4.96. The van der Waals surface area contributed by atoms with Crippen LogP contribution in [0.2, 0.25) is 0 Å². The van der Waals surface area contributed by atoms with Crippen molar-refractivity contribution in [2.75, 3.05) is 19.6 Å². The van der Waals surface area contributed by atoms with E-state index in [9.17, 15) is 38.4 Å². The van der Waals surface area contributed by atoms with Crippen molar-refractivity contribution in [2.45, 2.75) is 143 Å². The molecule has 2 unspecified atom stereocenters. The summed E-state index contributed by atoms with van der Waals surface area (Å²) in [6.45, 7) is 15.8. The molecule has 304 valence electrons. The van der Waals surface area contributed by atoms with Crippen LogP contribution in [0.5, 0.6) is 0 Å². The monoisotopic (exact) mass is 776 g/mol. The van der Waals surface area contributed by atoms with Crippen LogP contribution >= 0.6 is 0 Å². The second-order valence-electron chi connectivity index (χ2n) is 17.6. The smallest absolute Gasteiger partial charge is 0.211 e. The molecule has 0 aromatic heterocycles. The molecule has 16 heteroatoms. The number of hydrogen-bond donors (Lipinski definition) is 0. The predicted molar refractivity (Wildman–Crippen MR) is 205 cm³/mol. The Labute approximate surface area is 328 Å². The van der Waals surface area contributed by atoms with Crippen LogP contribution in [0.15, 0.2) is 39.9 Å². The lowest BCUT2D eigenvalue weighted by molar-refractivity contribution is 0.0633. The van der Waals surface area contributed by atoms with Crippen LogP contribution in [0.3, 0.4) is 0 Å². The summed E-state index contributed by atoms with van der Waals surface area (Å²) >= 11 is 0. The van der Waals surface area contributed by atoms with E-state index in [0.717, 1.165) is 12.8 Å². The molecule has 2 atom stereocenters. The standard InChI is InChI=1S/C29H38N6O6.C11H18N2O2/c1-26(2,14-27(3,4)15-30-16-36)13-24(31-17-37)25(22-5-9-28(10-6-22,32-18-38)33-19-39)23-7-11-29(12-8-23,34-20-40)35-21-41;1-10(4-5-12-8-14)6-11(2,3)7-13-9-15/h22-25H,5-15H2,1-4H3;10H,4-7H2,1-3H3. The Morgan fingerprint density at radius 1 is 0.536 bits per heavy atom. The SMILES string of the molecule is CC(C)(CN=C=O)CC(C)(C)CC(N=C=O)C(C1CCC(N=C=O)(N=C=O)CC1)C1CCC(N=C=O)(N=C=O)CC1.CC(CCN=C=O)CC(C)(C)CN=C=O. The van der Waals surface area contributed by atoms with E-state index in [1.54, 1.807) is 18.2 Å². The van der Waals surface area contributed by atoms with E-state index in [-0.39, 0.29) is 34.0 Å². The molecule has 0 aromatic carbocycles. The van der Waals surface area contributed by atoms with E-state index >= 15 is 0 Å². The van der Waals surface area contributed by atoms with Gasteiger partial charge in [0, 0.05) is 0 Å². The lowest BCUT2D eigenvalue weighted by Gasteiger charge is -2.46. The van der Waals surface area contributed by atoms with Crippen molar-refractivity contribution in [1.82, 2.24) is 0 Å². The fourth-order valence-corrected chi connectivity index (χ4v) is 9.08. The summed E-state index contributed by atoms with van der Waals surface area (Å²) in [5.74, 6) is 0.473. The highest BCUT2D eigenvalue weighted by Crippen LogP contribution is 2.50. The molecule has 2 fully saturated rings. The van der Waals surface area contributed by atoms with Crippen molar-refractivity contribution in [3.63, 3.8) is 0 Å². The zero-order chi connectivity index (χ0) is 42.3. The van der Waals surface area contributed by atoms with Gasteiger partial charge in [0.2, 0.25) is 48.6 Å². The summed E-state index contributed by atoms with van der Waals surface area (Å²) in [7, 11) is 0. The first kappa shape index (κ1) is 49.1. The first-order valence-electron chi connectivity index (χ1n) is 19.0. The molecule has 0 amide bonds. The number of isocyanates is 8. The van der Waals surface area contributed by atoms with Crippen molar-refractivity contribution in [1.29, 1.82) is 0 Å². The number of hydrogen-bond acceptors (Lipinski definition) is 16. The molecule has 0 saturated heterocycles. The summed E-state index contributed by atoms with van der Waals surface area (Å²) in [5, 5.41) is 0. The van der Waals surface area contributed by atoms with Crippen molar-refractivity contribution in [2.24, 2.45) is 79.9 Å². The van der Waals surface area contributed by atoms with Gasteiger partial charge in [-0.25, -0.2) is 58.3 Å². The predicted octanol–water partition coefficient (Wildman–Crippen LogP) is 6.69.